The van der Waals surface area contributed by atoms with Crippen LogP contribution in [0.1, 0.15) is 6.42 Å². The van der Waals surface area contributed by atoms with E-state index in [1.54, 1.807) is 17.8 Å². The lowest BCUT2D eigenvalue weighted by atomic mass is 10.2. The van der Waals surface area contributed by atoms with Crippen molar-refractivity contribution in [3.8, 4) is 0 Å². The molecule has 1 unspecified atom stereocenters. The molecular weight excluding hydrogens is 148 g/mol. The van der Waals surface area contributed by atoms with Crippen LogP contribution in [0.25, 0.3) is 0 Å². The molecule has 1 N–H and O–H groups in total. The smallest absolute Gasteiger partial charge is 0.162 e. The van der Waals surface area contributed by atoms with E-state index in [2.05, 4.69) is 0 Å². The van der Waals surface area contributed by atoms with E-state index in [1.165, 1.54) is 0 Å². The van der Waals surface area contributed by atoms with Gasteiger partial charge in [0, 0.05) is 17.7 Å². The fourth-order valence-corrected chi connectivity index (χ4v) is 1.56. The van der Waals surface area contributed by atoms with E-state index >= 15 is 0 Å². The molecule has 1 aliphatic carbocycles. The molecule has 1 aliphatic rings. The summed E-state index contributed by atoms with van der Waals surface area (Å²) in [6.07, 6.45) is 3.36. The third kappa shape index (κ3) is 1.61. The predicted molar refractivity (Wildman–Crippen MR) is 42.1 cm³/mol. The van der Waals surface area contributed by atoms with Gasteiger partial charge in [0.05, 0.1) is 6.10 Å². The first kappa shape index (κ1) is 7.82. The summed E-state index contributed by atoms with van der Waals surface area (Å²) in [5.41, 5.74) is 0.778. The standard InChI is InChI=1S/C7H10O2S/c1-10-4-5-2-6(8)3-7(5)9/h2,6,8H,3-4H2,1H3. The molecule has 0 amide bonds. The number of Topliss-reactive ketones (excluding diaryl/α,β-unsaturated/α-hetero) is 1. The molecule has 0 aromatic heterocycles. The summed E-state index contributed by atoms with van der Waals surface area (Å²) in [6.45, 7) is 0. The Morgan fingerprint density at radius 3 is 3.00 bits per heavy atom. The topological polar surface area (TPSA) is 37.3 Å². The van der Waals surface area contributed by atoms with Gasteiger partial charge in [0.15, 0.2) is 5.78 Å². The Morgan fingerprint density at radius 1 is 1.90 bits per heavy atom. The summed E-state index contributed by atoms with van der Waals surface area (Å²) in [4.78, 5) is 10.9. The van der Waals surface area contributed by atoms with Gasteiger partial charge in [-0.1, -0.05) is 0 Å². The van der Waals surface area contributed by atoms with Crippen molar-refractivity contribution in [1.82, 2.24) is 0 Å². The van der Waals surface area contributed by atoms with Crippen LogP contribution in [0, 0.1) is 0 Å². The summed E-state index contributed by atoms with van der Waals surface area (Å²) in [5.74, 6) is 0.831. The van der Waals surface area contributed by atoms with Crippen molar-refractivity contribution in [3.05, 3.63) is 11.6 Å². The molecule has 0 aromatic rings. The first-order valence-corrected chi connectivity index (χ1v) is 4.54. The van der Waals surface area contributed by atoms with Crippen LogP contribution in [0.3, 0.4) is 0 Å². The minimum atomic E-state index is -0.519. The van der Waals surface area contributed by atoms with Crippen molar-refractivity contribution in [3.63, 3.8) is 0 Å². The molecule has 1 rings (SSSR count). The summed E-state index contributed by atoms with van der Waals surface area (Å²) in [7, 11) is 0. The molecule has 0 aliphatic heterocycles. The maximum absolute atomic E-state index is 10.9. The van der Waals surface area contributed by atoms with Gasteiger partial charge in [-0.15, -0.1) is 0 Å². The first-order valence-electron chi connectivity index (χ1n) is 3.15. The maximum atomic E-state index is 10.9. The average Bonchev–Trinajstić information content (AvgIpc) is 2.13. The Kier molecular flexibility index (Phi) is 2.51. The van der Waals surface area contributed by atoms with Crippen LogP contribution in [0.4, 0.5) is 0 Å². The zero-order valence-electron chi connectivity index (χ0n) is 5.83. The number of aliphatic hydroxyl groups excluding tert-OH is 1. The molecule has 0 aromatic carbocycles. The number of rotatable bonds is 2. The van der Waals surface area contributed by atoms with Gasteiger partial charge in [-0.2, -0.15) is 11.8 Å². The quantitative estimate of drug-likeness (QED) is 0.639. The molecule has 0 radical (unpaired) electrons. The monoisotopic (exact) mass is 158 g/mol. The summed E-state index contributed by atoms with van der Waals surface area (Å²) < 4.78 is 0. The van der Waals surface area contributed by atoms with Crippen molar-refractivity contribution in [2.24, 2.45) is 0 Å². The molecule has 56 valence electrons. The van der Waals surface area contributed by atoms with E-state index in [0.29, 0.717) is 0 Å². The van der Waals surface area contributed by atoms with Gasteiger partial charge in [-0.3, -0.25) is 4.79 Å². The van der Waals surface area contributed by atoms with Crippen molar-refractivity contribution in [1.29, 1.82) is 0 Å². The van der Waals surface area contributed by atoms with E-state index in [-0.39, 0.29) is 12.2 Å². The third-order valence-electron chi connectivity index (χ3n) is 1.45. The van der Waals surface area contributed by atoms with E-state index in [9.17, 15) is 4.79 Å². The van der Waals surface area contributed by atoms with Gasteiger partial charge in [0.2, 0.25) is 0 Å². The minimum absolute atomic E-state index is 0.0989. The Morgan fingerprint density at radius 2 is 2.60 bits per heavy atom. The molecule has 0 fully saturated rings. The predicted octanol–water partition coefficient (Wildman–Crippen LogP) is 0.609. The molecule has 0 heterocycles. The van der Waals surface area contributed by atoms with Gasteiger partial charge in [-0.25, -0.2) is 0 Å². The van der Waals surface area contributed by atoms with Crippen LogP contribution in [-0.2, 0) is 4.79 Å². The second kappa shape index (κ2) is 3.21. The lowest BCUT2D eigenvalue weighted by molar-refractivity contribution is -0.115. The largest absolute Gasteiger partial charge is 0.389 e. The highest BCUT2D eigenvalue weighted by Gasteiger charge is 2.20. The Balaban J connectivity index is 2.57. The van der Waals surface area contributed by atoms with Crippen LogP contribution in [0.15, 0.2) is 11.6 Å². The molecule has 1 atom stereocenters. The third-order valence-corrected chi connectivity index (χ3v) is 2.05. The highest BCUT2D eigenvalue weighted by molar-refractivity contribution is 7.98. The number of aliphatic hydroxyl groups is 1. The highest BCUT2D eigenvalue weighted by atomic mass is 32.2. The molecule has 3 heteroatoms. The number of thioether (sulfide) groups is 1. The molecule has 0 spiro atoms. The molecule has 0 bridgehead atoms. The summed E-state index contributed by atoms with van der Waals surface area (Å²) in [5, 5.41) is 8.99. The summed E-state index contributed by atoms with van der Waals surface area (Å²) >= 11 is 1.60. The average molecular weight is 158 g/mol. The molecule has 2 nitrogen and oxygen atoms in total. The Hall–Kier alpha value is -0.280. The summed E-state index contributed by atoms with van der Waals surface area (Å²) in [6, 6.07) is 0. The van der Waals surface area contributed by atoms with Crippen LogP contribution < -0.4 is 0 Å². The molecule has 0 saturated carbocycles. The number of carbonyl (C=O) groups excluding carboxylic acids is 1. The number of hydrogen-bond acceptors (Lipinski definition) is 3. The second-order valence-corrected chi connectivity index (χ2v) is 3.19. The minimum Gasteiger partial charge on any atom is -0.389 e. The van der Waals surface area contributed by atoms with Gasteiger partial charge in [0.25, 0.3) is 0 Å². The molecular formula is C7H10O2S. The molecule has 0 saturated heterocycles. The van der Waals surface area contributed by atoms with Crippen LogP contribution in [0.2, 0.25) is 0 Å². The van der Waals surface area contributed by atoms with E-state index in [0.717, 1.165) is 11.3 Å². The van der Waals surface area contributed by atoms with Gasteiger partial charge >= 0.3 is 0 Å². The van der Waals surface area contributed by atoms with Crippen LogP contribution >= 0.6 is 11.8 Å². The van der Waals surface area contributed by atoms with Crippen molar-refractivity contribution >= 4 is 17.5 Å². The lowest BCUT2D eigenvalue weighted by Crippen LogP contribution is -2.01. The van der Waals surface area contributed by atoms with Gasteiger partial charge in [-0.05, 0) is 12.3 Å². The zero-order chi connectivity index (χ0) is 7.56. The van der Waals surface area contributed by atoms with Crippen molar-refractivity contribution in [2.75, 3.05) is 12.0 Å². The van der Waals surface area contributed by atoms with Crippen molar-refractivity contribution < 1.29 is 9.90 Å². The SMILES string of the molecule is CSCC1=CC(O)CC1=O. The number of hydrogen-bond donors (Lipinski definition) is 1. The van der Waals surface area contributed by atoms with Crippen LogP contribution in [-0.4, -0.2) is 29.0 Å². The maximum Gasteiger partial charge on any atom is 0.162 e. The first-order chi connectivity index (χ1) is 4.74. The Bertz CT molecular complexity index is 174. The van der Waals surface area contributed by atoms with Crippen LogP contribution in [0.5, 0.6) is 0 Å². The van der Waals surface area contributed by atoms with E-state index < -0.39 is 6.10 Å². The fourth-order valence-electron chi connectivity index (χ4n) is 0.989. The highest BCUT2D eigenvalue weighted by Crippen LogP contribution is 2.17. The normalized spacial score (nSPS) is 25.2. The lowest BCUT2D eigenvalue weighted by Gasteiger charge is -1.93. The van der Waals surface area contributed by atoms with Gasteiger partial charge in [0.1, 0.15) is 0 Å². The Labute approximate surface area is 64.3 Å². The van der Waals surface area contributed by atoms with E-state index in [1.807, 2.05) is 6.26 Å². The second-order valence-electron chi connectivity index (χ2n) is 2.32. The number of ketones is 1. The number of carbonyl (C=O) groups is 1. The van der Waals surface area contributed by atoms with Crippen molar-refractivity contribution in [2.45, 2.75) is 12.5 Å². The zero-order valence-corrected chi connectivity index (χ0v) is 6.65. The van der Waals surface area contributed by atoms with E-state index in [4.69, 9.17) is 5.11 Å². The fraction of sp³-hybridized carbons (Fsp3) is 0.571. The van der Waals surface area contributed by atoms with Gasteiger partial charge < -0.3 is 5.11 Å². The molecule has 10 heavy (non-hydrogen) atoms.